The van der Waals surface area contributed by atoms with Crippen molar-refractivity contribution >= 4 is 24.0 Å². The smallest absolute Gasteiger partial charge is 0.467 e. The zero-order valence-corrected chi connectivity index (χ0v) is 31.1. The maximum absolute atomic E-state index is 14.2. The number of rotatable bonds is 6. The number of piperazine rings is 1. The van der Waals surface area contributed by atoms with Gasteiger partial charge in [0.1, 0.15) is 11.5 Å². The van der Waals surface area contributed by atoms with Crippen molar-refractivity contribution in [3.05, 3.63) is 75.2 Å². The zero-order chi connectivity index (χ0) is 34.2. The third-order valence-corrected chi connectivity index (χ3v) is 7.41. The molecule has 0 radical (unpaired) electrons. The average Bonchev–Trinajstić information content (AvgIpc) is 3.37. The second kappa shape index (κ2) is 17.9. The Labute approximate surface area is 316 Å². The van der Waals surface area contributed by atoms with Crippen molar-refractivity contribution in [2.75, 3.05) is 40.3 Å². The maximum atomic E-state index is 14.2. The molecule has 0 saturated carbocycles. The fraction of sp³-hybridized carbons (Fsp3) is 0.394. The SMILES string of the molecule is C[N-]c1c(C(N)=NC(C)=O)c(C#Cc2cc(-c3ccc(CN4CCN(C)CC4)c(C(F)(F)F)c3)ccc2C)nn1C(C)C.NC=O.[K+]. The zero-order valence-electron chi connectivity index (χ0n) is 27.9. The molecule has 1 fully saturated rings. The van der Waals surface area contributed by atoms with Gasteiger partial charge >= 0.3 is 57.6 Å². The summed E-state index contributed by atoms with van der Waals surface area (Å²) in [6.45, 7) is 10.4. The van der Waals surface area contributed by atoms with Crippen LogP contribution in [0.15, 0.2) is 41.4 Å². The molecule has 2 amide bonds. The molecule has 1 aromatic heterocycles. The minimum atomic E-state index is -4.49. The summed E-state index contributed by atoms with van der Waals surface area (Å²) < 4.78 is 44.3. The van der Waals surface area contributed by atoms with Crippen LogP contribution < -0.4 is 62.9 Å². The van der Waals surface area contributed by atoms with E-state index in [0.717, 1.165) is 31.7 Å². The number of likely N-dealkylation sites (N-methyl/N-ethyl adjacent to an activating group) is 1. The van der Waals surface area contributed by atoms with Crippen molar-refractivity contribution < 1.29 is 74.1 Å². The van der Waals surface area contributed by atoms with Crippen LogP contribution in [0.1, 0.15) is 60.3 Å². The van der Waals surface area contributed by atoms with E-state index in [2.05, 4.69) is 42.8 Å². The number of primary amides is 1. The van der Waals surface area contributed by atoms with Gasteiger partial charge in [-0.25, -0.2) is 5.10 Å². The van der Waals surface area contributed by atoms with Crippen molar-refractivity contribution in [3.63, 3.8) is 0 Å². The van der Waals surface area contributed by atoms with E-state index in [-0.39, 0.29) is 81.8 Å². The van der Waals surface area contributed by atoms with Crippen LogP contribution in [0.3, 0.4) is 0 Å². The Hall–Kier alpha value is -3.03. The second-order valence-electron chi connectivity index (χ2n) is 11.2. The first kappa shape index (κ1) is 40.1. The molecule has 14 heteroatoms. The fourth-order valence-electron chi connectivity index (χ4n) is 5.02. The van der Waals surface area contributed by atoms with Gasteiger partial charge in [0.25, 0.3) is 0 Å². The van der Waals surface area contributed by atoms with E-state index in [0.29, 0.717) is 33.8 Å². The summed E-state index contributed by atoms with van der Waals surface area (Å²) in [6.07, 6.45) is -4.24. The molecule has 10 nitrogen and oxygen atoms in total. The van der Waals surface area contributed by atoms with Crippen LogP contribution in [0.2, 0.25) is 0 Å². The van der Waals surface area contributed by atoms with Gasteiger partial charge in [0.2, 0.25) is 12.3 Å². The van der Waals surface area contributed by atoms with Crippen LogP contribution >= 0.6 is 0 Å². The summed E-state index contributed by atoms with van der Waals surface area (Å²) in [4.78, 5) is 28.3. The molecule has 4 N–H and O–H groups in total. The molecular formula is C33H40F3KN8O2. The monoisotopic (exact) mass is 676 g/mol. The van der Waals surface area contributed by atoms with Crippen LogP contribution in [0, 0.1) is 18.8 Å². The number of aliphatic imine (C=N–C) groups is 1. The Balaban J connectivity index is 0.00000185. The van der Waals surface area contributed by atoms with Crippen LogP contribution in [-0.4, -0.2) is 78.0 Å². The summed E-state index contributed by atoms with van der Waals surface area (Å²) >= 11 is 0. The average molecular weight is 677 g/mol. The topological polar surface area (TPSA) is 137 Å². The van der Waals surface area contributed by atoms with E-state index in [1.54, 1.807) is 36.0 Å². The molecule has 246 valence electrons. The van der Waals surface area contributed by atoms with Crippen molar-refractivity contribution in [2.24, 2.45) is 16.5 Å². The third kappa shape index (κ3) is 10.7. The van der Waals surface area contributed by atoms with Crippen molar-refractivity contribution in [2.45, 2.75) is 46.5 Å². The maximum Gasteiger partial charge on any atom is 1.00 e. The van der Waals surface area contributed by atoms with Crippen LogP contribution in [-0.2, 0) is 22.3 Å². The standard InChI is InChI=1S/C32H38F3N7O.CH3NO.K/c1-20(2)42-31(37-5)29(30(36)38-22(4)43)28(39-42)12-11-23-17-24(8-7-21(23)3)25-9-10-26(27(18-25)32(33,34)35)19-41-15-13-40(6)14-16-41;2-1-3;/h7-10,17-18,20H,13-16,19H2,1-6H3,(H3,36,37,38,39,43);1H,(H2,2,3);/q;;+1/p-1. The quantitative estimate of drug-likeness (QED) is 0.134. The molecule has 2 aromatic carbocycles. The molecule has 3 aromatic rings. The number of aromatic nitrogens is 2. The van der Waals surface area contributed by atoms with Gasteiger partial charge in [-0.05, 0) is 66.1 Å². The summed E-state index contributed by atoms with van der Waals surface area (Å²) in [6, 6.07) is 9.87. The Kier molecular flexibility index (Phi) is 15.3. The molecule has 1 aliphatic heterocycles. The first-order valence-electron chi connectivity index (χ1n) is 14.7. The van der Waals surface area contributed by atoms with Crippen LogP contribution in [0.5, 0.6) is 0 Å². The number of amides is 2. The van der Waals surface area contributed by atoms with E-state index in [1.165, 1.54) is 13.0 Å². The number of alkyl halides is 3. The first-order valence-corrected chi connectivity index (χ1v) is 14.7. The van der Waals surface area contributed by atoms with Gasteiger partial charge in [0, 0.05) is 45.2 Å². The van der Waals surface area contributed by atoms with E-state index in [9.17, 15) is 18.0 Å². The van der Waals surface area contributed by atoms with E-state index in [4.69, 9.17) is 10.5 Å². The number of hydrogen-bond acceptors (Lipinski definition) is 5. The van der Waals surface area contributed by atoms with Gasteiger partial charge in [-0.1, -0.05) is 51.1 Å². The van der Waals surface area contributed by atoms with Crippen LogP contribution in [0.25, 0.3) is 16.4 Å². The largest absolute Gasteiger partial charge is 1.00 e. The van der Waals surface area contributed by atoms with Crippen LogP contribution in [0.4, 0.5) is 19.0 Å². The summed E-state index contributed by atoms with van der Waals surface area (Å²) in [7, 11) is 3.61. The number of carbonyl (C=O) groups is 2. The molecular weight excluding hydrogens is 637 g/mol. The third-order valence-electron chi connectivity index (χ3n) is 7.41. The van der Waals surface area contributed by atoms with Crippen molar-refractivity contribution in [3.8, 4) is 23.0 Å². The van der Waals surface area contributed by atoms with Crippen molar-refractivity contribution in [1.82, 2.24) is 19.6 Å². The Bertz CT molecular complexity index is 1650. The fourth-order valence-corrected chi connectivity index (χ4v) is 5.02. The van der Waals surface area contributed by atoms with Gasteiger partial charge in [-0.15, -0.1) is 0 Å². The molecule has 1 saturated heterocycles. The Morgan fingerprint density at radius 2 is 1.70 bits per heavy atom. The first-order chi connectivity index (χ1) is 21.7. The molecule has 0 aliphatic carbocycles. The molecule has 0 atom stereocenters. The van der Waals surface area contributed by atoms with E-state index >= 15 is 0 Å². The summed E-state index contributed by atoms with van der Waals surface area (Å²) in [5.74, 6) is 6.10. The van der Waals surface area contributed by atoms with E-state index in [1.807, 2.05) is 33.9 Å². The molecule has 0 bridgehead atoms. The number of halogens is 3. The predicted molar refractivity (Wildman–Crippen MR) is 174 cm³/mol. The number of carbonyl (C=O) groups excluding carboxylic acids is 2. The molecule has 0 spiro atoms. The molecule has 47 heavy (non-hydrogen) atoms. The summed E-state index contributed by atoms with van der Waals surface area (Å²) in [5, 5.41) is 8.89. The molecule has 4 rings (SSSR count). The van der Waals surface area contributed by atoms with Gasteiger partial charge < -0.3 is 26.4 Å². The summed E-state index contributed by atoms with van der Waals surface area (Å²) in [5.41, 5.74) is 13.2. The van der Waals surface area contributed by atoms with Gasteiger partial charge in [-0.2, -0.15) is 18.2 Å². The minimum absolute atomic E-state index is 0. The van der Waals surface area contributed by atoms with Gasteiger partial charge in [-0.3, -0.25) is 14.5 Å². The number of amidine groups is 1. The molecule has 2 heterocycles. The van der Waals surface area contributed by atoms with Gasteiger partial charge in [0.05, 0.1) is 11.1 Å². The number of aryl methyl sites for hydroxylation is 1. The number of benzene rings is 2. The van der Waals surface area contributed by atoms with Crippen molar-refractivity contribution in [1.29, 1.82) is 0 Å². The Morgan fingerprint density at radius 1 is 1.11 bits per heavy atom. The van der Waals surface area contributed by atoms with Gasteiger partial charge in [0.15, 0.2) is 0 Å². The number of nitrogens with zero attached hydrogens (tertiary/aromatic N) is 6. The Morgan fingerprint density at radius 3 is 2.26 bits per heavy atom. The minimum Gasteiger partial charge on any atom is -0.467 e. The van der Waals surface area contributed by atoms with E-state index < -0.39 is 17.6 Å². The number of hydrogen-bond donors (Lipinski definition) is 2. The normalized spacial score (nSPS) is 14.0. The predicted octanol–water partition coefficient (Wildman–Crippen LogP) is 1.60. The molecule has 1 aliphatic rings. The number of nitrogens with two attached hydrogens (primary N) is 2. The second-order valence-corrected chi connectivity index (χ2v) is 11.2. The molecule has 0 unspecified atom stereocenters.